The third-order valence-electron chi connectivity index (χ3n) is 5.93. The molecule has 0 atom stereocenters. The van der Waals surface area contributed by atoms with Crippen molar-refractivity contribution in [1.29, 1.82) is 0 Å². The van der Waals surface area contributed by atoms with Gasteiger partial charge >= 0.3 is 0 Å². The van der Waals surface area contributed by atoms with Gasteiger partial charge in [0.15, 0.2) is 0 Å². The zero-order valence-corrected chi connectivity index (χ0v) is 16.5. The van der Waals surface area contributed by atoms with E-state index in [1.807, 2.05) is 6.07 Å². The Kier molecular flexibility index (Phi) is 4.51. The molecule has 1 amide bonds. The van der Waals surface area contributed by atoms with E-state index in [0.717, 1.165) is 36.4 Å². The smallest absolute Gasteiger partial charge is 0.260 e. The lowest BCUT2D eigenvalue weighted by Crippen LogP contribution is -2.45. The standard InChI is InChI=1S/C23H24FN3O2/c1-2-27(26-10-4-3-5-11-26)17-7-8-18-15(12-17)14-29-22(18)21-19-13-16(24)6-9-20(19)25-23(21)28/h6-9,12-13H,2-5,10-11,14H2,1H3,(H,25,28). The van der Waals surface area contributed by atoms with E-state index in [-0.39, 0.29) is 11.7 Å². The monoisotopic (exact) mass is 393 g/mol. The van der Waals surface area contributed by atoms with Crippen LogP contribution in [-0.2, 0) is 16.1 Å². The minimum Gasteiger partial charge on any atom is -0.487 e. The fraction of sp³-hybridized carbons (Fsp3) is 0.348. The summed E-state index contributed by atoms with van der Waals surface area (Å²) >= 11 is 0. The number of fused-ring (bicyclic) bond motifs is 2. The van der Waals surface area contributed by atoms with Gasteiger partial charge in [-0.15, -0.1) is 0 Å². The molecule has 0 radical (unpaired) electrons. The molecule has 1 fully saturated rings. The van der Waals surface area contributed by atoms with Gasteiger partial charge in [-0.05, 0) is 56.2 Å². The molecule has 2 aromatic carbocycles. The van der Waals surface area contributed by atoms with E-state index >= 15 is 0 Å². The predicted molar refractivity (Wildman–Crippen MR) is 112 cm³/mol. The first-order valence-electron chi connectivity index (χ1n) is 10.3. The van der Waals surface area contributed by atoms with Gasteiger partial charge in [-0.25, -0.2) is 9.40 Å². The number of hydrazine groups is 1. The van der Waals surface area contributed by atoms with Crippen molar-refractivity contribution in [2.75, 3.05) is 30.0 Å². The summed E-state index contributed by atoms with van der Waals surface area (Å²) in [6, 6.07) is 10.6. The van der Waals surface area contributed by atoms with Crippen LogP contribution in [0.3, 0.4) is 0 Å². The highest BCUT2D eigenvalue weighted by molar-refractivity contribution is 6.36. The van der Waals surface area contributed by atoms with Crippen LogP contribution in [0.2, 0.25) is 0 Å². The molecule has 29 heavy (non-hydrogen) atoms. The van der Waals surface area contributed by atoms with Crippen LogP contribution in [0.25, 0.3) is 11.3 Å². The maximum atomic E-state index is 13.8. The molecule has 150 valence electrons. The van der Waals surface area contributed by atoms with Gasteiger partial charge < -0.3 is 15.1 Å². The average molecular weight is 393 g/mol. The van der Waals surface area contributed by atoms with Crippen LogP contribution < -0.4 is 10.3 Å². The summed E-state index contributed by atoms with van der Waals surface area (Å²) < 4.78 is 19.7. The van der Waals surface area contributed by atoms with Crippen LogP contribution in [0.4, 0.5) is 15.8 Å². The Hall–Kier alpha value is -2.86. The number of ether oxygens (including phenoxy) is 1. The van der Waals surface area contributed by atoms with Crippen molar-refractivity contribution in [3.05, 3.63) is 58.9 Å². The van der Waals surface area contributed by atoms with Crippen LogP contribution >= 0.6 is 0 Å². The summed E-state index contributed by atoms with van der Waals surface area (Å²) in [4.78, 5) is 12.6. The minimum atomic E-state index is -0.368. The molecule has 1 N–H and O–H groups in total. The molecule has 5 nitrogen and oxygen atoms in total. The molecule has 0 bridgehead atoms. The first-order valence-corrected chi connectivity index (χ1v) is 10.3. The van der Waals surface area contributed by atoms with Crippen LogP contribution in [0.15, 0.2) is 36.4 Å². The third kappa shape index (κ3) is 3.08. The Balaban J connectivity index is 1.53. The van der Waals surface area contributed by atoms with E-state index in [1.54, 1.807) is 6.07 Å². The molecule has 0 saturated carbocycles. The number of hydrogen-bond acceptors (Lipinski definition) is 4. The van der Waals surface area contributed by atoms with Crippen molar-refractivity contribution in [2.45, 2.75) is 32.8 Å². The van der Waals surface area contributed by atoms with Gasteiger partial charge in [0.05, 0.1) is 11.3 Å². The second kappa shape index (κ2) is 7.19. The van der Waals surface area contributed by atoms with Crippen molar-refractivity contribution in [2.24, 2.45) is 0 Å². The van der Waals surface area contributed by atoms with Gasteiger partial charge in [0.1, 0.15) is 18.2 Å². The van der Waals surface area contributed by atoms with Crippen LogP contribution in [0.5, 0.6) is 0 Å². The Labute approximate surface area is 169 Å². The normalized spacial score (nSPS) is 20.8. The summed E-state index contributed by atoms with van der Waals surface area (Å²) in [6.45, 7) is 5.65. The zero-order valence-electron chi connectivity index (χ0n) is 16.5. The molecule has 0 aromatic heterocycles. The highest BCUT2D eigenvalue weighted by Gasteiger charge is 2.33. The Morgan fingerprint density at radius 3 is 2.72 bits per heavy atom. The van der Waals surface area contributed by atoms with E-state index in [4.69, 9.17) is 4.74 Å². The number of benzene rings is 2. The number of anilines is 2. The van der Waals surface area contributed by atoms with Crippen LogP contribution in [-0.4, -0.2) is 30.6 Å². The van der Waals surface area contributed by atoms with Gasteiger partial charge in [-0.1, -0.05) is 6.42 Å². The number of nitrogens with one attached hydrogen (secondary N) is 1. The lowest BCUT2D eigenvalue weighted by atomic mass is 10.00. The second-order valence-electron chi connectivity index (χ2n) is 7.71. The molecule has 0 aliphatic carbocycles. The number of rotatable bonds is 3. The highest BCUT2D eigenvalue weighted by Crippen LogP contribution is 2.42. The van der Waals surface area contributed by atoms with Gasteiger partial charge in [0.25, 0.3) is 5.91 Å². The van der Waals surface area contributed by atoms with E-state index in [0.29, 0.717) is 29.2 Å². The summed E-state index contributed by atoms with van der Waals surface area (Å²) in [5, 5.41) is 7.56. The third-order valence-corrected chi connectivity index (χ3v) is 5.93. The maximum Gasteiger partial charge on any atom is 0.260 e. The van der Waals surface area contributed by atoms with Crippen LogP contribution in [0, 0.1) is 5.82 Å². The first kappa shape index (κ1) is 18.2. The average Bonchev–Trinajstić information content (AvgIpc) is 3.28. The fourth-order valence-electron chi connectivity index (χ4n) is 4.55. The number of hydrogen-bond donors (Lipinski definition) is 1. The topological polar surface area (TPSA) is 44.8 Å². The lowest BCUT2D eigenvalue weighted by Gasteiger charge is -2.38. The molecule has 2 aromatic rings. The molecular weight excluding hydrogens is 369 g/mol. The molecular formula is C23H24FN3O2. The number of nitrogens with zero attached hydrogens (tertiary/aromatic N) is 2. The molecule has 3 aliphatic rings. The SMILES string of the molecule is CCN(c1ccc2c(c1)COC2=C1C(=O)Nc2ccc(F)cc21)N1CCCCC1. The first-order chi connectivity index (χ1) is 14.2. The molecule has 5 rings (SSSR count). The zero-order chi connectivity index (χ0) is 20.0. The molecule has 3 heterocycles. The Bertz CT molecular complexity index is 1010. The van der Waals surface area contributed by atoms with Crippen LogP contribution in [0.1, 0.15) is 42.9 Å². The summed E-state index contributed by atoms with van der Waals surface area (Å²) in [7, 11) is 0. The number of carbonyl (C=O) groups is 1. The maximum absolute atomic E-state index is 13.8. The van der Waals surface area contributed by atoms with Gasteiger partial charge in [-0.3, -0.25) is 4.79 Å². The summed E-state index contributed by atoms with van der Waals surface area (Å²) in [5.41, 5.74) is 4.70. The van der Waals surface area contributed by atoms with Crippen molar-refractivity contribution >= 4 is 28.6 Å². The fourth-order valence-corrected chi connectivity index (χ4v) is 4.55. The number of piperidine rings is 1. The molecule has 0 spiro atoms. The molecule has 3 aliphatic heterocycles. The molecule has 0 unspecified atom stereocenters. The van der Waals surface area contributed by atoms with E-state index < -0.39 is 0 Å². The van der Waals surface area contributed by atoms with Crippen molar-refractivity contribution in [3.8, 4) is 0 Å². The number of carbonyl (C=O) groups excluding carboxylic acids is 1. The summed E-state index contributed by atoms with van der Waals surface area (Å²) in [5.74, 6) is -0.0810. The Morgan fingerprint density at radius 1 is 1.10 bits per heavy atom. The highest BCUT2D eigenvalue weighted by atomic mass is 19.1. The summed E-state index contributed by atoms with van der Waals surface area (Å²) in [6.07, 6.45) is 3.75. The largest absolute Gasteiger partial charge is 0.487 e. The number of halogens is 1. The van der Waals surface area contributed by atoms with Gasteiger partial charge in [0.2, 0.25) is 0 Å². The minimum absolute atomic E-state index is 0.249. The van der Waals surface area contributed by atoms with E-state index in [2.05, 4.69) is 34.4 Å². The quantitative estimate of drug-likeness (QED) is 0.785. The predicted octanol–water partition coefficient (Wildman–Crippen LogP) is 4.40. The number of amides is 1. The van der Waals surface area contributed by atoms with E-state index in [1.165, 1.54) is 31.4 Å². The van der Waals surface area contributed by atoms with Gasteiger partial charge in [-0.2, -0.15) is 0 Å². The van der Waals surface area contributed by atoms with Crippen molar-refractivity contribution < 1.29 is 13.9 Å². The molecule has 1 saturated heterocycles. The van der Waals surface area contributed by atoms with E-state index in [9.17, 15) is 9.18 Å². The van der Waals surface area contributed by atoms with Crippen molar-refractivity contribution in [3.63, 3.8) is 0 Å². The van der Waals surface area contributed by atoms with Crippen molar-refractivity contribution in [1.82, 2.24) is 5.01 Å². The molecule has 6 heteroatoms. The van der Waals surface area contributed by atoms with Gasteiger partial charge in [0, 0.05) is 42.0 Å². The Morgan fingerprint density at radius 2 is 1.93 bits per heavy atom. The second-order valence-corrected chi connectivity index (χ2v) is 7.71. The lowest BCUT2D eigenvalue weighted by molar-refractivity contribution is -0.110.